The number of carbonyl (C=O) groups excluding carboxylic acids is 2. The Labute approximate surface area is 98.7 Å². The molecule has 0 aliphatic rings. The van der Waals surface area contributed by atoms with Gasteiger partial charge >= 0.3 is 23.8 Å². The summed E-state index contributed by atoms with van der Waals surface area (Å²) in [6, 6.07) is 0. The summed E-state index contributed by atoms with van der Waals surface area (Å²) in [7, 11) is 0. The zero-order chi connectivity index (χ0) is 13.7. The molecule has 0 atom stereocenters. The van der Waals surface area contributed by atoms with Gasteiger partial charge in [-0.05, 0) is 0 Å². The van der Waals surface area contributed by atoms with Gasteiger partial charge in [-0.25, -0.2) is 14.6 Å². The molecule has 0 saturated heterocycles. The number of carbonyl (C=O) groups is 4. The lowest BCUT2D eigenvalue weighted by Gasteiger charge is -2.03. The third kappa shape index (κ3) is 3.52. The van der Waals surface area contributed by atoms with Gasteiger partial charge in [0.1, 0.15) is 0 Å². The van der Waals surface area contributed by atoms with Gasteiger partial charge < -0.3 is 10.2 Å². The predicted molar refractivity (Wildman–Crippen MR) is 54.6 cm³/mol. The summed E-state index contributed by atoms with van der Waals surface area (Å²) >= 11 is 0. The summed E-state index contributed by atoms with van der Waals surface area (Å²) in [5.41, 5.74) is 0. The monoisotopic (exact) mass is 254 g/mol. The summed E-state index contributed by atoms with van der Waals surface area (Å²) in [5, 5.41) is 20.4. The molecule has 0 aliphatic carbocycles. The van der Waals surface area contributed by atoms with Crippen molar-refractivity contribution in [2.24, 2.45) is 0 Å². The number of anilines is 2. The minimum atomic E-state index is -1.73. The lowest BCUT2D eigenvalue weighted by Crippen LogP contribution is -2.24. The van der Waals surface area contributed by atoms with E-state index in [0.29, 0.717) is 0 Å². The quantitative estimate of drug-likeness (QED) is 0.465. The van der Waals surface area contributed by atoms with Crippen molar-refractivity contribution in [3.8, 4) is 0 Å². The maximum absolute atomic E-state index is 10.8. The van der Waals surface area contributed by atoms with Gasteiger partial charge in [0.2, 0.25) is 0 Å². The Morgan fingerprint density at radius 1 is 0.889 bits per heavy atom. The molecule has 10 heteroatoms. The molecule has 2 amide bonds. The number of hydrogen-bond acceptors (Lipinski definition) is 6. The molecule has 0 radical (unpaired) electrons. The Bertz CT molecular complexity index is 485. The lowest BCUT2D eigenvalue weighted by atomic mass is 10.5. The Morgan fingerprint density at radius 3 is 1.61 bits per heavy atom. The van der Waals surface area contributed by atoms with Crippen molar-refractivity contribution in [2.75, 3.05) is 10.6 Å². The van der Waals surface area contributed by atoms with Crippen molar-refractivity contribution in [3.05, 3.63) is 12.4 Å². The molecule has 18 heavy (non-hydrogen) atoms. The SMILES string of the molecule is O=C(O)C(=O)Nc1cncc(NC(=O)C(=O)O)n1. The van der Waals surface area contributed by atoms with Gasteiger partial charge in [-0.1, -0.05) is 0 Å². The smallest absolute Gasteiger partial charge is 0.394 e. The second-order valence-electron chi connectivity index (χ2n) is 2.81. The zero-order valence-electron chi connectivity index (χ0n) is 8.58. The molecule has 1 aromatic heterocycles. The largest absolute Gasteiger partial charge is 0.474 e. The second-order valence-corrected chi connectivity index (χ2v) is 2.81. The van der Waals surface area contributed by atoms with Crippen LogP contribution in [0.3, 0.4) is 0 Å². The van der Waals surface area contributed by atoms with Gasteiger partial charge in [0.25, 0.3) is 0 Å². The molecule has 0 aromatic carbocycles. The van der Waals surface area contributed by atoms with Gasteiger partial charge in [-0.2, -0.15) is 0 Å². The Morgan fingerprint density at radius 2 is 1.28 bits per heavy atom. The normalized spacial score (nSPS) is 9.33. The average Bonchev–Trinajstić information content (AvgIpc) is 2.29. The van der Waals surface area contributed by atoms with E-state index in [1.807, 2.05) is 10.6 Å². The molecule has 0 spiro atoms. The lowest BCUT2D eigenvalue weighted by molar-refractivity contribution is -0.147. The molecule has 1 aromatic rings. The first-order chi connectivity index (χ1) is 8.40. The molecule has 0 bridgehead atoms. The molecule has 4 N–H and O–H groups in total. The third-order valence-corrected chi connectivity index (χ3v) is 1.51. The van der Waals surface area contributed by atoms with E-state index in [2.05, 4.69) is 9.97 Å². The summed E-state index contributed by atoms with van der Waals surface area (Å²) in [6.07, 6.45) is 2.05. The predicted octanol–water partition coefficient (Wildman–Crippen LogP) is -1.48. The van der Waals surface area contributed by atoms with E-state index in [4.69, 9.17) is 10.2 Å². The summed E-state index contributed by atoms with van der Waals surface area (Å²) in [4.78, 5) is 49.2. The Hall–Kier alpha value is -3.04. The molecule has 1 rings (SSSR count). The minimum absolute atomic E-state index is 0.245. The molecule has 94 valence electrons. The summed E-state index contributed by atoms with van der Waals surface area (Å²) < 4.78 is 0. The molecule has 0 aliphatic heterocycles. The van der Waals surface area contributed by atoms with E-state index < -0.39 is 23.8 Å². The van der Waals surface area contributed by atoms with Crippen LogP contribution >= 0.6 is 0 Å². The fourth-order valence-electron chi connectivity index (χ4n) is 0.826. The van der Waals surface area contributed by atoms with Crippen LogP contribution in [-0.2, 0) is 19.2 Å². The Balaban J connectivity index is 2.80. The van der Waals surface area contributed by atoms with Crippen molar-refractivity contribution in [1.82, 2.24) is 9.97 Å². The van der Waals surface area contributed by atoms with Crippen LogP contribution in [0.1, 0.15) is 0 Å². The van der Waals surface area contributed by atoms with Crippen LogP contribution in [0.5, 0.6) is 0 Å². The second kappa shape index (κ2) is 5.34. The number of carboxylic acids is 2. The first-order valence-electron chi connectivity index (χ1n) is 4.30. The van der Waals surface area contributed by atoms with Crippen molar-refractivity contribution >= 4 is 35.4 Å². The highest BCUT2D eigenvalue weighted by Crippen LogP contribution is 2.06. The van der Waals surface area contributed by atoms with E-state index in [9.17, 15) is 19.2 Å². The maximum Gasteiger partial charge on any atom is 0.394 e. The van der Waals surface area contributed by atoms with Crippen molar-refractivity contribution in [3.63, 3.8) is 0 Å². The highest BCUT2D eigenvalue weighted by Gasteiger charge is 2.14. The average molecular weight is 254 g/mol. The van der Waals surface area contributed by atoms with E-state index in [1.165, 1.54) is 0 Å². The zero-order valence-corrected chi connectivity index (χ0v) is 8.58. The number of aromatic nitrogens is 2. The van der Waals surface area contributed by atoms with Gasteiger partial charge in [-0.3, -0.25) is 25.2 Å². The van der Waals surface area contributed by atoms with Crippen LogP contribution in [0.4, 0.5) is 11.6 Å². The van der Waals surface area contributed by atoms with Crippen LogP contribution in [0.25, 0.3) is 0 Å². The van der Waals surface area contributed by atoms with E-state index in [0.717, 1.165) is 12.4 Å². The van der Waals surface area contributed by atoms with Gasteiger partial charge in [-0.15, -0.1) is 0 Å². The third-order valence-electron chi connectivity index (χ3n) is 1.51. The van der Waals surface area contributed by atoms with Crippen LogP contribution in [-0.4, -0.2) is 43.9 Å². The fraction of sp³-hybridized carbons (Fsp3) is 0. The minimum Gasteiger partial charge on any atom is -0.474 e. The number of rotatable bonds is 2. The summed E-state index contributed by atoms with van der Waals surface area (Å²) in [6.45, 7) is 0. The molecule has 0 fully saturated rings. The topological polar surface area (TPSA) is 159 Å². The number of aliphatic carboxylic acids is 2. The first kappa shape index (κ1) is 13.0. The van der Waals surface area contributed by atoms with Crippen molar-refractivity contribution in [2.45, 2.75) is 0 Å². The molecule has 0 saturated carbocycles. The molecule has 0 unspecified atom stereocenters. The molecular weight excluding hydrogens is 248 g/mol. The van der Waals surface area contributed by atoms with Gasteiger partial charge in [0, 0.05) is 0 Å². The van der Waals surface area contributed by atoms with Crippen LogP contribution in [0.15, 0.2) is 12.4 Å². The molecule has 10 nitrogen and oxygen atoms in total. The number of hydrogen-bond donors (Lipinski definition) is 4. The first-order valence-corrected chi connectivity index (χ1v) is 4.30. The highest BCUT2D eigenvalue weighted by molar-refractivity contribution is 6.37. The summed E-state index contributed by atoms with van der Waals surface area (Å²) in [5.74, 6) is -6.62. The maximum atomic E-state index is 10.8. The number of nitrogens with one attached hydrogen (secondary N) is 2. The van der Waals surface area contributed by atoms with Crippen LogP contribution in [0, 0.1) is 0 Å². The van der Waals surface area contributed by atoms with E-state index in [-0.39, 0.29) is 11.6 Å². The number of nitrogens with zero attached hydrogens (tertiary/aromatic N) is 2. The number of amides is 2. The Kier molecular flexibility index (Phi) is 3.86. The number of carboxylic acid groups (broad SMARTS) is 2. The van der Waals surface area contributed by atoms with Gasteiger partial charge in [0.15, 0.2) is 11.6 Å². The standard InChI is InChI=1S/C8H6N4O6/c13-5(7(15)16)11-3-1-9-2-4(10-3)12-6(14)8(17)18/h1-2H,(H,15,16)(H,17,18)(H2,10,11,12,13,14). The van der Waals surface area contributed by atoms with Gasteiger partial charge in [0.05, 0.1) is 12.4 Å². The van der Waals surface area contributed by atoms with Crippen LogP contribution < -0.4 is 10.6 Å². The van der Waals surface area contributed by atoms with Crippen LogP contribution in [0.2, 0.25) is 0 Å². The molecular formula is C8H6N4O6. The van der Waals surface area contributed by atoms with E-state index in [1.54, 1.807) is 0 Å². The van der Waals surface area contributed by atoms with Crippen molar-refractivity contribution < 1.29 is 29.4 Å². The fourth-order valence-corrected chi connectivity index (χ4v) is 0.826. The van der Waals surface area contributed by atoms with E-state index >= 15 is 0 Å². The van der Waals surface area contributed by atoms with Crippen molar-refractivity contribution in [1.29, 1.82) is 0 Å². The highest BCUT2D eigenvalue weighted by atomic mass is 16.4. The molecule has 1 heterocycles.